The number of likely N-dealkylation sites (N-methyl/N-ethyl adjacent to an activating group) is 1. The molecule has 4 rings (SSSR count). The zero-order valence-electron chi connectivity index (χ0n) is 17.1. The van der Waals surface area contributed by atoms with Crippen molar-refractivity contribution in [1.29, 1.82) is 0 Å². The first kappa shape index (κ1) is 21.3. The Bertz CT molecular complexity index is 1270. The van der Waals surface area contributed by atoms with Gasteiger partial charge in [0.05, 0.1) is 23.5 Å². The zero-order valence-corrected chi connectivity index (χ0v) is 17.8. The van der Waals surface area contributed by atoms with E-state index in [9.17, 15) is 14.0 Å². The molecule has 0 saturated carbocycles. The molecule has 0 unspecified atom stereocenters. The first-order chi connectivity index (χ1) is 15.5. The van der Waals surface area contributed by atoms with Crippen molar-refractivity contribution in [3.63, 3.8) is 0 Å². The number of aromatic nitrogens is 3. The molecular weight excluding hydrogens is 433 g/mol. The second-order valence-corrected chi connectivity index (χ2v) is 7.43. The summed E-state index contributed by atoms with van der Waals surface area (Å²) in [4.78, 5) is 26.9. The van der Waals surface area contributed by atoms with E-state index in [0.29, 0.717) is 16.5 Å². The molecule has 4 aromatic rings. The normalized spacial score (nSPS) is 10.7. The Balaban J connectivity index is 1.62. The largest absolute Gasteiger partial charge is 0.332 e. The molecule has 162 valence electrons. The second-order valence-electron chi connectivity index (χ2n) is 7.02. The van der Waals surface area contributed by atoms with Crippen LogP contribution in [0.2, 0.25) is 5.02 Å². The van der Waals surface area contributed by atoms with Crippen LogP contribution >= 0.6 is 11.6 Å². The Kier molecular flexibility index (Phi) is 6.04. The van der Waals surface area contributed by atoms with E-state index in [2.05, 4.69) is 10.4 Å². The summed E-state index contributed by atoms with van der Waals surface area (Å²) < 4.78 is 17.5. The van der Waals surface area contributed by atoms with E-state index < -0.39 is 17.6 Å². The Morgan fingerprint density at radius 1 is 1.06 bits per heavy atom. The number of nitrogens with one attached hydrogen (secondary N) is 1. The van der Waals surface area contributed by atoms with E-state index in [1.165, 1.54) is 28.9 Å². The molecule has 1 N–H and O–H groups in total. The monoisotopic (exact) mass is 451 g/mol. The summed E-state index contributed by atoms with van der Waals surface area (Å²) in [7, 11) is 1.51. The summed E-state index contributed by atoms with van der Waals surface area (Å²) in [5.41, 5.74) is 0.882. The first-order valence-corrected chi connectivity index (χ1v) is 10.1. The minimum atomic E-state index is -0.476. The maximum absolute atomic E-state index is 14.4. The maximum atomic E-state index is 14.4. The molecule has 2 amide bonds. The van der Waals surface area contributed by atoms with Crippen LogP contribution in [0.3, 0.4) is 0 Å². The highest BCUT2D eigenvalue weighted by Gasteiger charge is 2.24. The van der Waals surface area contributed by atoms with Gasteiger partial charge in [0.25, 0.3) is 5.91 Å². The zero-order chi connectivity index (χ0) is 22.7. The molecule has 2 heterocycles. The third kappa shape index (κ3) is 4.26. The molecule has 0 aliphatic rings. The van der Waals surface area contributed by atoms with Gasteiger partial charge in [0, 0.05) is 19.4 Å². The van der Waals surface area contributed by atoms with Gasteiger partial charge in [0.15, 0.2) is 5.82 Å². The Morgan fingerprint density at radius 3 is 2.47 bits per heavy atom. The molecule has 0 spiro atoms. The van der Waals surface area contributed by atoms with Gasteiger partial charge in [-0.05, 0) is 36.4 Å². The Morgan fingerprint density at radius 2 is 1.75 bits per heavy atom. The average Bonchev–Trinajstić information content (AvgIpc) is 3.44. The van der Waals surface area contributed by atoms with Crippen molar-refractivity contribution in [2.24, 2.45) is 0 Å². The number of para-hydroxylation sites is 2. The van der Waals surface area contributed by atoms with E-state index in [4.69, 9.17) is 11.6 Å². The predicted molar refractivity (Wildman–Crippen MR) is 120 cm³/mol. The lowest BCUT2D eigenvalue weighted by molar-refractivity contribution is -0.116. The smallest absolute Gasteiger partial charge is 0.259 e. The second kappa shape index (κ2) is 9.07. The van der Waals surface area contributed by atoms with Gasteiger partial charge in [-0.3, -0.25) is 9.59 Å². The SMILES string of the molecule is CN(CC(=O)Nc1ccccc1Cl)C(=O)c1cnn(-c2ccccc2F)c1-n1cccc1. The van der Waals surface area contributed by atoms with Gasteiger partial charge in [-0.25, -0.2) is 9.07 Å². The molecule has 0 aliphatic heterocycles. The fourth-order valence-electron chi connectivity index (χ4n) is 3.26. The predicted octanol–water partition coefficient (Wildman–Crippen LogP) is 4.17. The molecule has 0 aliphatic carbocycles. The highest BCUT2D eigenvalue weighted by molar-refractivity contribution is 6.33. The lowest BCUT2D eigenvalue weighted by Gasteiger charge is -2.18. The van der Waals surface area contributed by atoms with Crippen molar-refractivity contribution in [3.05, 3.63) is 95.7 Å². The van der Waals surface area contributed by atoms with Crippen molar-refractivity contribution < 1.29 is 14.0 Å². The average molecular weight is 452 g/mol. The number of rotatable bonds is 6. The van der Waals surface area contributed by atoms with Crippen molar-refractivity contribution in [1.82, 2.24) is 19.2 Å². The Hall–Kier alpha value is -3.91. The lowest BCUT2D eigenvalue weighted by Crippen LogP contribution is -2.35. The van der Waals surface area contributed by atoms with Crippen LogP contribution in [-0.2, 0) is 4.79 Å². The molecule has 0 saturated heterocycles. The van der Waals surface area contributed by atoms with Crippen LogP contribution in [0.15, 0.2) is 79.3 Å². The van der Waals surface area contributed by atoms with Crippen molar-refractivity contribution in [2.45, 2.75) is 0 Å². The van der Waals surface area contributed by atoms with E-state index in [1.807, 2.05) is 0 Å². The van der Waals surface area contributed by atoms with Gasteiger partial charge in [-0.2, -0.15) is 5.10 Å². The molecule has 0 radical (unpaired) electrons. The molecule has 2 aromatic carbocycles. The molecular formula is C23H19ClFN5O2. The lowest BCUT2D eigenvalue weighted by atomic mass is 10.2. The van der Waals surface area contributed by atoms with Crippen LogP contribution < -0.4 is 5.32 Å². The summed E-state index contributed by atoms with van der Waals surface area (Å²) in [5.74, 6) is -0.956. The number of hydrogen-bond acceptors (Lipinski definition) is 3. The summed E-state index contributed by atoms with van der Waals surface area (Å²) in [6.07, 6.45) is 4.83. The highest BCUT2D eigenvalue weighted by atomic mass is 35.5. The number of nitrogens with zero attached hydrogens (tertiary/aromatic N) is 4. The van der Waals surface area contributed by atoms with Gasteiger partial charge >= 0.3 is 0 Å². The summed E-state index contributed by atoms with van der Waals surface area (Å²) >= 11 is 6.08. The van der Waals surface area contributed by atoms with Crippen LogP contribution in [0, 0.1) is 5.82 Å². The van der Waals surface area contributed by atoms with E-state index in [0.717, 1.165) is 0 Å². The number of benzene rings is 2. The van der Waals surface area contributed by atoms with E-state index >= 15 is 0 Å². The van der Waals surface area contributed by atoms with Crippen molar-refractivity contribution in [3.8, 4) is 11.5 Å². The third-order valence-corrected chi connectivity index (χ3v) is 5.11. The van der Waals surface area contributed by atoms with Crippen LogP contribution in [0.4, 0.5) is 10.1 Å². The first-order valence-electron chi connectivity index (χ1n) is 9.72. The van der Waals surface area contributed by atoms with Gasteiger partial charge in [0.1, 0.15) is 17.1 Å². The molecule has 7 nitrogen and oxygen atoms in total. The van der Waals surface area contributed by atoms with Crippen LogP contribution in [0.25, 0.3) is 11.5 Å². The van der Waals surface area contributed by atoms with E-state index in [1.54, 1.807) is 71.6 Å². The standard InChI is InChI=1S/C23H19ClFN5O2/c1-28(15-21(31)27-19-10-4-2-8-17(19)24)23(32)16-14-26-30(20-11-5-3-9-18(20)25)22(16)29-12-6-7-13-29/h2-14H,15H2,1H3,(H,27,31). The van der Waals surface area contributed by atoms with Crippen LogP contribution in [-0.4, -0.2) is 44.7 Å². The molecule has 9 heteroatoms. The molecule has 32 heavy (non-hydrogen) atoms. The number of anilines is 1. The maximum Gasteiger partial charge on any atom is 0.259 e. The number of hydrogen-bond donors (Lipinski definition) is 1. The Labute approximate surface area is 188 Å². The third-order valence-electron chi connectivity index (χ3n) is 4.78. The topological polar surface area (TPSA) is 72.2 Å². The fraction of sp³-hybridized carbons (Fsp3) is 0.0870. The van der Waals surface area contributed by atoms with Gasteiger partial charge in [-0.15, -0.1) is 0 Å². The molecule has 0 atom stereocenters. The highest BCUT2D eigenvalue weighted by Crippen LogP contribution is 2.23. The van der Waals surface area contributed by atoms with Gasteiger partial charge < -0.3 is 14.8 Å². The minimum absolute atomic E-state index is 0.203. The molecule has 0 fully saturated rings. The van der Waals surface area contributed by atoms with Crippen LogP contribution in [0.5, 0.6) is 0 Å². The molecule has 2 aromatic heterocycles. The quantitative estimate of drug-likeness (QED) is 0.478. The number of carbonyl (C=O) groups is 2. The summed E-state index contributed by atoms with van der Waals surface area (Å²) in [6, 6.07) is 16.6. The minimum Gasteiger partial charge on any atom is -0.332 e. The van der Waals surface area contributed by atoms with E-state index in [-0.39, 0.29) is 17.8 Å². The number of carbonyl (C=O) groups excluding carboxylic acids is 2. The number of amides is 2. The van der Waals surface area contributed by atoms with Gasteiger partial charge in [-0.1, -0.05) is 35.9 Å². The number of halogens is 2. The fourth-order valence-corrected chi connectivity index (χ4v) is 3.44. The molecule has 0 bridgehead atoms. The van der Waals surface area contributed by atoms with Crippen molar-refractivity contribution in [2.75, 3.05) is 18.9 Å². The summed E-state index contributed by atoms with van der Waals surface area (Å²) in [6.45, 7) is -0.208. The van der Waals surface area contributed by atoms with Gasteiger partial charge in [0.2, 0.25) is 5.91 Å². The van der Waals surface area contributed by atoms with Crippen LogP contribution in [0.1, 0.15) is 10.4 Å². The summed E-state index contributed by atoms with van der Waals surface area (Å²) in [5, 5.41) is 7.34. The van der Waals surface area contributed by atoms with Crippen molar-refractivity contribution >= 4 is 29.1 Å².